The zero-order valence-electron chi connectivity index (χ0n) is 10.2. The fourth-order valence-electron chi connectivity index (χ4n) is 1.41. The molecular formula is C11H10F3N3O2S. The minimum atomic E-state index is -4.45. The number of nitrogens with one attached hydrogen (secondary N) is 2. The van der Waals surface area contributed by atoms with Gasteiger partial charge in [0.2, 0.25) is 0 Å². The van der Waals surface area contributed by atoms with Gasteiger partial charge in [0, 0.05) is 0 Å². The SMILES string of the molecule is COc1ccc2nc(NC(=O)NCC(F)(F)F)sc2c1. The molecule has 0 aliphatic carbocycles. The van der Waals surface area contributed by atoms with E-state index in [4.69, 9.17) is 4.74 Å². The Labute approximate surface area is 115 Å². The summed E-state index contributed by atoms with van der Waals surface area (Å²) >= 11 is 1.14. The first kappa shape index (κ1) is 14.4. The average Bonchev–Trinajstić information content (AvgIpc) is 2.76. The Balaban J connectivity index is 2.04. The van der Waals surface area contributed by atoms with Crippen LogP contribution >= 0.6 is 11.3 Å². The predicted molar refractivity (Wildman–Crippen MR) is 69.2 cm³/mol. The Kier molecular flexibility index (Phi) is 3.98. The van der Waals surface area contributed by atoms with Crippen molar-refractivity contribution in [3.8, 4) is 5.75 Å². The third-order valence-electron chi connectivity index (χ3n) is 2.27. The van der Waals surface area contributed by atoms with Gasteiger partial charge in [-0.15, -0.1) is 0 Å². The number of rotatable bonds is 3. The number of carbonyl (C=O) groups is 1. The van der Waals surface area contributed by atoms with E-state index < -0.39 is 18.8 Å². The standard InChI is InChI=1S/C11H10F3N3O2S/c1-19-6-2-3-7-8(4-6)20-10(16-7)17-9(18)15-5-11(12,13)14/h2-4H,5H2,1H3,(H2,15,16,17,18). The number of hydrogen-bond donors (Lipinski definition) is 2. The van der Waals surface area contributed by atoms with Crippen LogP contribution in [0.4, 0.5) is 23.1 Å². The molecule has 5 nitrogen and oxygen atoms in total. The highest BCUT2D eigenvalue weighted by Gasteiger charge is 2.27. The van der Waals surface area contributed by atoms with Crippen molar-refractivity contribution in [1.29, 1.82) is 0 Å². The summed E-state index contributed by atoms with van der Waals surface area (Å²) in [6.45, 7) is -1.39. The van der Waals surface area contributed by atoms with E-state index in [2.05, 4.69) is 10.3 Å². The maximum atomic E-state index is 11.9. The number of aromatic nitrogens is 1. The van der Waals surface area contributed by atoms with Crippen molar-refractivity contribution in [1.82, 2.24) is 10.3 Å². The van der Waals surface area contributed by atoms with E-state index in [1.807, 2.05) is 0 Å². The van der Waals surface area contributed by atoms with Gasteiger partial charge in [0.05, 0.1) is 17.3 Å². The van der Waals surface area contributed by atoms with Crippen LogP contribution in [0.15, 0.2) is 18.2 Å². The number of halogens is 3. The number of benzene rings is 1. The number of carbonyl (C=O) groups excluding carboxylic acids is 1. The van der Waals surface area contributed by atoms with Crippen molar-refractivity contribution in [3.63, 3.8) is 0 Å². The molecule has 0 fully saturated rings. The molecule has 9 heteroatoms. The van der Waals surface area contributed by atoms with Gasteiger partial charge in [0.25, 0.3) is 0 Å². The first-order valence-electron chi connectivity index (χ1n) is 5.43. The van der Waals surface area contributed by atoms with E-state index in [0.29, 0.717) is 11.3 Å². The Bertz CT molecular complexity index is 627. The number of methoxy groups -OCH3 is 1. The molecular weight excluding hydrogens is 295 g/mol. The number of ether oxygens (including phenoxy) is 1. The number of fused-ring (bicyclic) bond motifs is 1. The van der Waals surface area contributed by atoms with Crippen LogP contribution in [0.25, 0.3) is 10.2 Å². The van der Waals surface area contributed by atoms with Crippen molar-refractivity contribution in [2.75, 3.05) is 19.0 Å². The van der Waals surface area contributed by atoms with Crippen molar-refractivity contribution < 1.29 is 22.7 Å². The number of thiazole rings is 1. The molecule has 2 aromatic rings. The normalized spacial score (nSPS) is 11.4. The molecule has 0 atom stereocenters. The molecule has 0 spiro atoms. The minimum absolute atomic E-state index is 0.216. The molecule has 2 rings (SSSR count). The van der Waals surface area contributed by atoms with Crippen LogP contribution in [0.1, 0.15) is 0 Å². The first-order chi connectivity index (χ1) is 9.37. The van der Waals surface area contributed by atoms with Crippen LogP contribution in [0, 0.1) is 0 Å². The summed E-state index contributed by atoms with van der Waals surface area (Å²) in [5.74, 6) is 0.634. The Morgan fingerprint density at radius 1 is 1.45 bits per heavy atom. The lowest BCUT2D eigenvalue weighted by atomic mass is 10.3. The Morgan fingerprint density at radius 2 is 2.20 bits per heavy atom. The highest BCUT2D eigenvalue weighted by molar-refractivity contribution is 7.22. The van der Waals surface area contributed by atoms with E-state index in [0.717, 1.165) is 16.0 Å². The largest absolute Gasteiger partial charge is 0.497 e. The van der Waals surface area contributed by atoms with Gasteiger partial charge in [-0.3, -0.25) is 5.32 Å². The Hall–Kier alpha value is -2.03. The lowest BCUT2D eigenvalue weighted by Crippen LogP contribution is -2.36. The van der Waals surface area contributed by atoms with Gasteiger partial charge in [-0.2, -0.15) is 13.2 Å². The second-order valence-electron chi connectivity index (χ2n) is 3.78. The molecule has 1 heterocycles. The van der Waals surface area contributed by atoms with E-state index in [9.17, 15) is 18.0 Å². The van der Waals surface area contributed by atoms with E-state index in [-0.39, 0.29) is 5.13 Å². The fourth-order valence-corrected chi connectivity index (χ4v) is 2.30. The van der Waals surface area contributed by atoms with Crippen molar-refractivity contribution in [2.24, 2.45) is 0 Å². The molecule has 0 aliphatic rings. The van der Waals surface area contributed by atoms with Crippen LogP contribution < -0.4 is 15.4 Å². The summed E-state index contributed by atoms with van der Waals surface area (Å²) in [5, 5.41) is 4.18. The van der Waals surface area contributed by atoms with Crippen molar-refractivity contribution in [3.05, 3.63) is 18.2 Å². The van der Waals surface area contributed by atoms with Crippen molar-refractivity contribution in [2.45, 2.75) is 6.18 Å². The van der Waals surface area contributed by atoms with E-state index in [1.54, 1.807) is 23.5 Å². The number of anilines is 1. The molecule has 2 amide bonds. The number of hydrogen-bond acceptors (Lipinski definition) is 4. The molecule has 0 saturated carbocycles. The van der Waals surface area contributed by atoms with Crippen LogP contribution in [-0.2, 0) is 0 Å². The maximum absolute atomic E-state index is 11.9. The summed E-state index contributed by atoms with van der Waals surface area (Å²) in [5.41, 5.74) is 0.627. The monoisotopic (exact) mass is 305 g/mol. The van der Waals surface area contributed by atoms with Crippen LogP contribution in [0.2, 0.25) is 0 Å². The van der Waals surface area contributed by atoms with Crippen LogP contribution in [-0.4, -0.2) is 30.8 Å². The predicted octanol–water partition coefficient (Wildman–Crippen LogP) is 2.99. The quantitative estimate of drug-likeness (QED) is 0.916. The van der Waals surface area contributed by atoms with Gasteiger partial charge in [0.15, 0.2) is 5.13 Å². The zero-order valence-corrected chi connectivity index (χ0v) is 11.1. The van der Waals surface area contributed by atoms with Gasteiger partial charge in [0.1, 0.15) is 12.3 Å². The number of amides is 2. The fraction of sp³-hybridized carbons (Fsp3) is 0.273. The van der Waals surface area contributed by atoms with Crippen molar-refractivity contribution >= 4 is 32.7 Å². The zero-order chi connectivity index (χ0) is 14.8. The number of nitrogens with zero attached hydrogens (tertiary/aromatic N) is 1. The summed E-state index contributed by atoms with van der Waals surface area (Å²) in [6, 6.07) is 4.18. The molecule has 108 valence electrons. The lowest BCUT2D eigenvalue weighted by Gasteiger charge is -2.07. The second kappa shape index (κ2) is 5.53. The second-order valence-corrected chi connectivity index (χ2v) is 4.81. The molecule has 20 heavy (non-hydrogen) atoms. The number of urea groups is 1. The van der Waals surface area contributed by atoms with Gasteiger partial charge in [-0.1, -0.05) is 11.3 Å². The smallest absolute Gasteiger partial charge is 0.405 e. The molecule has 0 aliphatic heterocycles. The first-order valence-corrected chi connectivity index (χ1v) is 6.25. The highest BCUT2D eigenvalue weighted by Crippen LogP contribution is 2.29. The summed E-state index contributed by atoms with van der Waals surface area (Å²) < 4.78 is 41.6. The molecule has 1 aromatic heterocycles. The van der Waals surface area contributed by atoms with Crippen LogP contribution in [0.3, 0.4) is 0 Å². The van der Waals surface area contributed by atoms with Gasteiger partial charge in [-0.05, 0) is 18.2 Å². The molecule has 2 N–H and O–H groups in total. The summed E-state index contributed by atoms with van der Waals surface area (Å²) in [4.78, 5) is 15.4. The summed E-state index contributed by atoms with van der Waals surface area (Å²) in [6.07, 6.45) is -4.45. The van der Waals surface area contributed by atoms with Gasteiger partial charge in [-0.25, -0.2) is 9.78 Å². The third-order valence-corrected chi connectivity index (χ3v) is 3.20. The van der Waals surface area contributed by atoms with Crippen LogP contribution in [0.5, 0.6) is 5.75 Å². The van der Waals surface area contributed by atoms with E-state index >= 15 is 0 Å². The lowest BCUT2D eigenvalue weighted by molar-refractivity contribution is -0.122. The topological polar surface area (TPSA) is 63.2 Å². The maximum Gasteiger partial charge on any atom is 0.405 e. The van der Waals surface area contributed by atoms with Gasteiger partial charge < -0.3 is 10.1 Å². The molecule has 0 saturated heterocycles. The molecule has 0 radical (unpaired) electrons. The van der Waals surface area contributed by atoms with E-state index in [1.165, 1.54) is 7.11 Å². The highest BCUT2D eigenvalue weighted by atomic mass is 32.1. The number of alkyl halides is 3. The molecule has 0 bridgehead atoms. The minimum Gasteiger partial charge on any atom is -0.497 e. The summed E-state index contributed by atoms with van der Waals surface area (Å²) in [7, 11) is 1.52. The molecule has 0 unspecified atom stereocenters. The average molecular weight is 305 g/mol. The third kappa shape index (κ3) is 3.73. The van der Waals surface area contributed by atoms with Gasteiger partial charge >= 0.3 is 12.2 Å². The Morgan fingerprint density at radius 3 is 2.85 bits per heavy atom. The molecule has 1 aromatic carbocycles.